The van der Waals surface area contributed by atoms with Crippen molar-refractivity contribution in [3.63, 3.8) is 0 Å². The number of aryl methyl sites for hydroxylation is 1. The lowest BCUT2D eigenvalue weighted by Crippen LogP contribution is -2.09. The maximum atomic E-state index is 13.0. The topological polar surface area (TPSA) is 55.1 Å². The molecular weight excluding hydrogens is 389 g/mol. The highest BCUT2D eigenvalue weighted by Gasteiger charge is 2.31. The van der Waals surface area contributed by atoms with Crippen molar-refractivity contribution in [1.82, 2.24) is 9.55 Å². The van der Waals surface area contributed by atoms with Crippen molar-refractivity contribution in [2.75, 3.05) is 0 Å². The van der Waals surface area contributed by atoms with Crippen LogP contribution in [0, 0.1) is 13.8 Å². The molecule has 0 unspecified atom stereocenters. The van der Waals surface area contributed by atoms with Crippen LogP contribution in [0.25, 0.3) is 31.7 Å². The number of hydrogen-bond donors (Lipinski definition) is 1. The maximum Gasteiger partial charge on any atom is 0.416 e. The van der Waals surface area contributed by atoms with Gasteiger partial charge in [0.25, 0.3) is 0 Å². The molecule has 0 saturated heterocycles. The lowest BCUT2D eigenvalue weighted by Gasteiger charge is -2.05. The summed E-state index contributed by atoms with van der Waals surface area (Å²) in [5, 5.41) is 10.7. The van der Waals surface area contributed by atoms with E-state index in [-0.39, 0.29) is 12.1 Å². The van der Waals surface area contributed by atoms with Crippen LogP contribution in [0.2, 0.25) is 0 Å². The first-order valence-corrected chi connectivity index (χ1v) is 9.26. The third-order valence-electron chi connectivity index (χ3n) is 4.70. The maximum absolute atomic E-state index is 13.0. The van der Waals surface area contributed by atoms with Crippen LogP contribution in [0.1, 0.15) is 16.8 Å². The zero-order chi connectivity index (χ0) is 20.2. The van der Waals surface area contributed by atoms with Crippen molar-refractivity contribution in [2.45, 2.75) is 26.6 Å². The summed E-state index contributed by atoms with van der Waals surface area (Å²) in [6.45, 7) is 3.54. The monoisotopic (exact) mass is 404 g/mol. The van der Waals surface area contributed by atoms with E-state index in [0.29, 0.717) is 9.71 Å². The van der Waals surface area contributed by atoms with Crippen LogP contribution in [0.5, 0.6) is 0 Å². The van der Waals surface area contributed by atoms with E-state index in [1.54, 1.807) is 11.5 Å². The highest BCUT2D eigenvalue weighted by Crippen LogP contribution is 2.40. The molecule has 4 nitrogen and oxygen atoms in total. The Morgan fingerprint density at radius 2 is 1.93 bits per heavy atom. The molecule has 2 aromatic carbocycles. The molecule has 0 spiro atoms. The fraction of sp³-hybridized carbons (Fsp3) is 0.200. The van der Waals surface area contributed by atoms with Crippen LogP contribution in [0.15, 0.2) is 36.4 Å². The Hall–Kier alpha value is -2.87. The van der Waals surface area contributed by atoms with Gasteiger partial charge in [0.15, 0.2) is 0 Å². The van der Waals surface area contributed by atoms with Crippen LogP contribution < -0.4 is 0 Å². The number of carboxylic acid groups (broad SMARTS) is 1. The van der Waals surface area contributed by atoms with Gasteiger partial charge in [-0.25, -0.2) is 4.98 Å². The van der Waals surface area contributed by atoms with Crippen LogP contribution in [0.3, 0.4) is 0 Å². The van der Waals surface area contributed by atoms with Gasteiger partial charge in [0.1, 0.15) is 11.6 Å². The first-order valence-electron chi connectivity index (χ1n) is 8.44. The third-order valence-corrected chi connectivity index (χ3v) is 5.75. The van der Waals surface area contributed by atoms with Gasteiger partial charge in [-0.1, -0.05) is 11.6 Å². The van der Waals surface area contributed by atoms with E-state index in [9.17, 15) is 23.1 Å². The van der Waals surface area contributed by atoms with Crippen LogP contribution >= 0.6 is 11.3 Å². The predicted molar refractivity (Wildman–Crippen MR) is 103 cm³/mol. The average molecular weight is 404 g/mol. The summed E-state index contributed by atoms with van der Waals surface area (Å²) < 4.78 is 41.4. The second-order valence-corrected chi connectivity index (χ2v) is 7.69. The first-order chi connectivity index (χ1) is 13.1. The Bertz CT molecular complexity index is 1240. The van der Waals surface area contributed by atoms with Crippen molar-refractivity contribution >= 4 is 38.4 Å². The van der Waals surface area contributed by atoms with Crippen molar-refractivity contribution in [1.29, 1.82) is 0 Å². The smallest absolute Gasteiger partial charge is 0.416 e. The van der Waals surface area contributed by atoms with E-state index >= 15 is 0 Å². The lowest BCUT2D eigenvalue weighted by molar-refractivity contribution is -0.138. The Morgan fingerprint density at radius 1 is 1.18 bits per heavy atom. The van der Waals surface area contributed by atoms with Gasteiger partial charge in [-0.05, 0) is 44.2 Å². The number of nitrogens with zero attached hydrogens (tertiary/aromatic N) is 2. The Labute approximate surface area is 161 Å². The van der Waals surface area contributed by atoms with E-state index < -0.39 is 17.7 Å². The summed E-state index contributed by atoms with van der Waals surface area (Å²) >= 11 is 1.30. The van der Waals surface area contributed by atoms with Crippen molar-refractivity contribution in [2.24, 2.45) is 0 Å². The molecule has 1 N–H and O–H groups in total. The van der Waals surface area contributed by atoms with Gasteiger partial charge in [0.2, 0.25) is 0 Å². The quantitative estimate of drug-likeness (QED) is 0.481. The van der Waals surface area contributed by atoms with Gasteiger partial charge in [-0.3, -0.25) is 4.79 Å². The highest BCUT2D eigenvalue weighted by molar-refractivity contribution is 7.21. The molecule has 28 heavy (non-hydrogen) atoms. The van der Waals surface area contributed by atoms with Crippen molar-refractivity contribution in [3.8, 4) is 10.6 Å². The number of aromatic nitrogens is 2. The minimum Gasteiger partial charge on any atom is -0.480 e. The molecule has 0 radical (unpaired) electrons. The fourth-order valence-corrected chi connectivity index (χ4v) is 4.47. The minimum atomic E-state index is -4.43. The molecule has 0 aliphatic carbocycles. The number of carboxylic acids is 1. The lowest BCUT2D eigenvalue weighted by atomic mass is 10.1. The number of alkyl halides is 3. The van der Waals surface area contributed by atoms with Gasteiger partial charge in [0.05, 0.1) is 15.8 Å². The molecule has 2 heterocycles. The van der Waals surface area contributed by atoms with E-state index in [4.69, 9.17) is 0 Å². The van der Waals surface area contributed by atoms with E-state index in [2.05, 4.69) is 4.98 Å². The summed E-state index contributed by atoms with van der Waals surface area (Å²) in [5.41, 5.74) is 2.78. The molecule has 2 aromatic heterocycles. The zero-order valence-electron chi connectivity index (χ0n) is 15.0. The SMILES string of the molecule is Cc1ccc2c(c1)c(-c1nc3cc(C(F)(F)F)ccc3s1)c(C)n2CC(=O)O. The van der Waals surface area contributed by atoms with E-state index in [0.717, 1.165) is 39.9 Å². The molecule has 0 saturated carbocycles. The molecule has 0 aliphatic rings. The molecule has 0 fully saturated rings. The van der Waals surface area contributed by atoms with Crippen LogP contribution in [-0.2, 0) is 17.5 Å². The first kappa shape index (κ1) is 18.5. The number of fused-ring (bicyclic) bond motifs is 2. The molecule has 0 bridgehead atoms. The molecule has 4 rings (SSSR count). The molecule has 0 aliphatic heterocycles. The third kappa shape index (κ3) is 3.03. The second-order valence-electron chi connectivity index (χ2n) is 6.66. The summed E-state index contributed by atoms with van der Waals surface area (Å²) in [5.74, 6) is -0.966. The van der Waals surface area contributed by atoms with Crippen LogP contribution in [-0.4, -0.2) is 20.6 Å². The van der Waals surface area contributed by atoms with Gasteiger partial charge < -0.3 is 9.67 Å². The number of hydrogen-bond acceptors (Lipinski definition) is 3. The van der Waals surface area contributed by atoms with Gasteiger partial charge >= 0.3 is 12.1 Å². The van der Waals surface area contributed by atoms with Crippen molar-refractivity contribution in [3.05, 3.63) is 53.2 Å². The Morgan fingerprint density at radius 3 is 2.61 bits per heavy atom. The zero-order valence-corrected chi connectivity index (χ0v) is 15.8. The standard InChI is InChI=1S/C20H15F3N2O2S/c1-10-3-5-15-13(7-10)18(11(2)25(15)9-17(26)27)19-24-14-8-12(20(21,22)23)4-6-16(14)28-19/h3-8H,9H2,1-2H3,(H,26,27). The number of thiazole rings is 1. The van der Waals surface area contributed by atoms with Gasteiger partial charge in [-0.2, -0.15) is 13.2 Å². The van der Waals surface area contributed by atoms with E-state index in [1.165, 1.54) is 17.4 Å². The normalized spacial score (nSPS) is 12.2. The van der Waals surface area contributed by atoms with Crippen LogP contribution in [0.4, 0.5) is 13.2 Å². The number of rotatable bonds is 3. The number of carbonyl (C=O) groups is 1. The number of halogens is 3. The molecule has 8 heteroatoms. The second kappa shape index (κ2) is 6.34. The molecule has 144 valence electrons. The summed E-state index contributed by atoms with van der Waals surface area (Å²) in [6, 6.07) is 9.23. The minimum absolute atomic E-state index is 0.200. The average Bonchev–Trinajstić information content (AvgIpc) is 3.12. The Balaban J connectivity index is 1.97. The number of aliphatic carboxylic acids is 1. The summed E-state index contributed by atoms with van der Waals surface area (Å²) in [7, 11) is 0. The predicted octanol–water partition coefficient (Wildman–Crippen LogP) is 5.64. The molecule has 4 aromatic rings. The molecule has 0 atom stereocenters. The summed E-state index contributed by atoms with van der Waals surface area (Å²) in [4.78, 5) is 15.8. The Kier molecular flexibility index (Phi) is 4.19. The fourth-order valence-electron chi connectivity index (χ4n) is 3.42. The highest BCUT2D eigenvalue weighted by atomic mass is 32.1. The van der Waals surface area contributed by atoms with E-state index in [1.807, 2.05) is 25.1 Å². The van der Waals surface area contributed by atoms with Crippen molar-refractivity contribution < 1.29 is 23.1 Å². The van der Waals surface area contributed by atoms with Gasteiger partial charge in [-0.15, -0.1) is 11.3 Å². The number of benzene rings is 2. The van der Waals surface area contributed by atoms with Gasteiger partial charge in [0, 0.05) is 22.2 Å². The molecular formula is C20H15F3N2O2S. The largest absolute Gasteiger partial charge is 0.480 e. The molecule has 0 amide bonds. The summed E-state index contributed by atoms with van der Waals surface area (Å²) in [6.07, 6.45) is -4.43.